The Bertz CT molecular complexity index is 641. The number of amides is 1. The van der Waals surface area contributed by atoms with E-state index in [0.717, 1.165) is 5.56 Å². The highest BCUT2D eigenvalue weighted by Crippen LogP contribution is 2.21. The predicted molar refractivity (Wildman–Crippen MR) is 86.4 cm³/mol. The Morgan fingerprint density at radius 1 is 1.10 bits per heavy atom. The van der Waals surface area contributed by atoms with Gasteiger partial charge in [-0.3, -0.25) is 4.79 Å². The summed E-state index contributed by atoms with van der Waals surface area (Å²) < 4.78 is 5.57. The number of ether oxygens (including phenoxy) is 1. The number of rotatable bonds is 4. The van der Waals surface area contributed by atoms with E-state index < -0.39 is 6.10 Å². The van der Waals surface area contributed by atoms with E-state index in [9.17, 15) is 4.79 Å². The summed E-state index contributed by atoms with van der Waals surface area (Å²) >= 11 is 11.7. The van der Waals surface area contributed by atoms with E-state index in [-0.39, 0.29) is 5.91 Å². The Hall–Kier alpha value is -1.71. The van der Waals surface area contributed by atoms with E-state index in [2.05, 4.69) is 5.32 Å². The van der Waals surface area contributed by atoms with Crippen LogP contribution in [-0.2, 0) is 4.79 Å². The molecule has 0 bridgehead atoms. The molecule has 0 fully saturated rings. The second kappa shape index (κ2) is 6.83. The highest BCUT2D eigenvalue weighted by Gasteiger charge is 2.15. The molecule has 1 atom stereocenters. The van der Waals surface area contributed by atoms with Crippen LogP contribution in [-0.4, -0.2) is 12.0 Å². The number of hydrogen-bond acceptors (Lipinski definition) is 2. The normalized spacial score (nSPS) is 11.8. The van der Waals surface area contributed by atoms with Crippen LogP contribution in [0, 0.1) is 6.92 Å². The fourth-order valence-electron chi connectivity index (χ4n) is 1.73. The fourth-order valence-corrected chi connectivity index (χ4v) is 2.03. The van der Waals surface area contributed by atoms with Gasteiger partial charge in [-0.25, -0.2) is 0 Å². The molecule has 2 aromatic rings. The molecule has 0 saturated carbocycles. The Balaban J connectivity index is 2.02. The SMILES string of the molecule is Cc1ccc(Cl)cc1NC(=O)C(C)Oc1ccc(Cl)cc1. The molecule has 3 nitrogen and oxygen atoms in total. The van der Waals surface area contributed by atoms with E-state index in [1.807, 2.05) is 13.0 Å². The van der Waals surface area contributed by atoms with Crippen LogP contribution in [0.2, 0.25) is 10.0 Å². The lowest BCUT2D eigenvalue weighted by molar-refractivity contribution is -0.122. The van der Waals surface area contributed by atoms with Crippen molar-refractivity contribution in [2.45, 2.75) is 20.0 Å². The lowest BCUT2D eigenvalue weighted by Gasteiger charge is -2.16. The van der Waals surface area contributed by atoms with Crippen LogP contribution in [0.1, 0.15) is 12.5 Å². The predicted octanol–water partition coefficient (Wildman–Crippen LogP) is 4.71. The Morgan fingerprint density at radius 3 is 2.38 bits per heavy atom. The quantitative estimate of drug-likeness (QED) is 0.885. The highest BCUT2D eigenvalue weighted by atomic mass is 35.5. The second-order valence-corrected chi connectivity index (χ2v) is 5.54. The number of carbonyl (C=O) groups is 1. The molecule has 2 aromatic carbocycles. The van der Waals surface area contributed by atoms with Crippen LogP contribution in [0.5, 0.6) is 5.75 Å². The van der Waals surface area contributed by atoms with Crippen LogP contribution in [0.4, 0.5) is 5.69 Å². The Morgan fingerprint density at radius 2 is 1.71 bits per heavy atom. The summed E-state index contributed by atoms with van der Waals surface area (Å²) in [6.45, 7) is 3.58. The molecular weight excluding hydrogens is 309 g/mol. The summed E-state index contributed by atoms with van der Waals surface area (Å²) in [5.74, 6) is 0.347. The minimum absolute atomic E-state index is 0.240. The molecule has 110 valence electrons. The first kappa shape index (κ1) is 15.7. The van der Waals surface area contributed by atoms with E-state index in [0.29, 0.717) is 21.5 Å². The molecule has 0 radical (unpaired) electrons. The largest absolute Gasteiger partial charge is 0.481 e. The van der Waals surface area contributed by atoms with E-state index >= 15 is 0 Å². The summed E-state index contributed by atoms with van der Waals surface area (Å²) in [6, 6.07) is 12.2. The van der Waals surface area contributed by atoms with E-state index in [4.69, 9.17) is 27.9 Å². The van der Waals surface area contributed by atoms with Gasteiger partial charge < -0.3 is 10.1 Å². The minimum Gasteiger partial charge on any atom is -0.481 e. The molecule has 0 aromatic heterocycles. The monoisotopic (exact) mass is 323 g/mol. The number of halogens is 2. The zero-order valence-electron chi connectivity index (χ0n) is 11.7. The molecule has 1 amide bonds. The summed E-state index contributed by atoms with van der Waals surface area (Å²) in [5, 5.41) is 4.00. The van der Waals surface area contributed by atoms with Crippen LogP contribution < -0.4 is 10.1 Å². The van der Waals surface area contributed by atoms with Crippen LogP contribution in [0.3, 0.4) is 0 Å². The molecule has 21 heavy (non-hydrogen) atoms. The van der Waals surface area contributed by atoms with Crippen LogP contribution >= 0.6 is 23.2 Å². The van der Waals surface area contributed by atoms with Crippen molar-refractivity contribution in [3.63, 3.8) is 0 Å². The van der Waals surface area contributed by atoms with Gasteiger partial charge in [-0.15, -0.1) is 0 Å². The third-order valence-corrected chi connectivity index (χ3v) is 3.44. The maximum Gasteiger partial charge on any atom is 0.265 e. The molecule has 0 aliphatic heterocycles. The molecule has 0 aliphatic carbocycles. The van der Waals surface area contributed by atoms with Gasteiger partial charge in [0.2, 0.25) is 0 Å². The van der Waals surface area contributed by atoms with Gasteiger partial charge in [-0.2, -0.15) is 0 Å². The standard InChI is InChI=1S/C16H15Cl2NO2/c1-10-3-4-13(18)9-15(10)19-16(20)11(2)21-14-7-5-12(17)6-8-14/h3-9,11H,1-2H3,(H,19,20). The Labute approximate surface area is 133 Å². The lowest BCUT2D eigenvalue weighted by atomic mass is 10.2. The van der Waals surface area contributed by atoms with Crippen molar-refractivity contribution in [1.82, 2.24) is 0 Å². The molecule has 2 rings (SSSR count). The van der Waals surface area contributed by atoms with Crippen molar-refractivity contribution >= 4 is 34.8 Å². The zero-order valence-corrected chi connectivity index (χ0v) is 13.2. The van der Waals surface area contributed by atoms with Gasteiger partial charge in [-0.1, -0.05) is 29.3 Å². The molecular formula is C16H15Cl2NO2. The molecule has 0 aliphatic rings. The number of aryl methyl sites for hydroxylation is 1. The van der Waals surface area contributed by atoms with Crippen molar-refractivity contribution < 1.29 is 9.53 Å². The van der Waals surface area contributed by atoms with Crippen LogP contribution in [0.15, 0.2) is 42.5 Å². The number of nitrogens with one attached hydrogen (secondary N) is 1. The maximum atomic E-state index is 12.1. The molecule has 1 unspecified atom stereocenters. The van der Waals surface area contributed by atoms with Crippen molar-refractivity contribution in [2.24, 2.45) is 0 Å². The topological polar surface area (TPSA) is 38.3 Å². The van der Waals surface area contributed by atoms with Gasteiger partial charge in [0.15, 0.2) is 6.10 Å². The van der Waals surface area contributed by atoms with Gasteiger partial charge in [0.1, 0.15) is 5.75 Å². The first-order chi connectivity index (χ1) is 9.95. The molecule has 1 N–H and O–H groups in total. The van der Waals surface area contributed by atoms with Gasteiger partial charge >= 0.3 is 0 Å². The van der Waals surface area contributed by atoms with Crippen molar-refractivity contribution in [1.29, 1.82) is 0 Å². The number of benzene rings is 2. The number of carbonyl (C=O) groups excluding carboxylic acids is 1. The third kappa shape index (κ3) is 4.38. The van der Waals surface area contributed by atoms with Crippen LogP contribution in [0.25, 0.3) is 0 Å². The van der Waals surface area contributed by atoms with E-state index in [1.165, 1.54) is 0 Å². The smallest absolute Gasteiger partial charge is 0.265 e. The third-order valence-electron chi connectivity index (χ3n) is 2.95. The highest BCUT2D eigenvalue weighted by molar-refractivity contribution is 6.31. The van der Waals surface area contributed by atoms with Crippen molar-refractivity contribution in [3.05, 3.63) is 58.1 Å². The Kier molecular flexibility index (Phi) is 5.10. The van der Waals surface area contributed by atoms with E-state index in [1.54, 1.807) is 43.3 Å². The van der Waals surface area contributed by atoms with Crippen molar-refractivity contribution in [3.8, 4) is 5.75 Å². The second-order valence-electron chi connectivity index (χ2n) is 4.66. The van der Waals surface area contributed by atoms with Gasteiger partial charge in [-0.05, 0) is 55.8 Å². The minimum atomic E-state index is -0.635. The summed E-state index contributed by atoms with van der Waals surface area (Å²) in [6.07, 6.45) is -0.635. The summed E-state index contributed by atoms with van der Waals surface area (Å²) in [7, 11) is 0. The number of hydrogen-bond donors (Lipinski definition) is 1. The molecule has 5 heteroatoms. The van der Waals surface area contributed by atoms with Gasteiger partial charge in [0, 0.05) is 15.7 Å². The first-order valence-corrected chi connectivity index (χ1v) is 7.20. The molecule has 0 heterocycles. The summed E-state index contributed by atoms with van der Waals surface area (Å²) in [5.41, 5.74) is 1.62. The number of anilines is 1. The fraction of sp³-hybridized carbons (Fsp3) is 0.188. The van der Waals surface area contributed by atoms with Crippen molar-refractivity contribution in [2.75, 3.05) is 5.32 Å². The van der Waals surface area contributed by atoms with Gasteiger partial charge in [0.25, 0.3) is 5.91 Å². The zero-order chi connectivity index (χ0) is 15.4. The first-order valence-electron chi connectivity index (χ1n) is 6.45. The molecule has 0 saturated heterocycles. The molecule has 0 spiro atoms. The lowest BCUT2D eigenvalue weighted by Crippen LogP contribution is -2.30. The van der Waals surface area contributed by atoms with Gasteiger partial charge in [0.05, 0.1) is 0 Å². The average Bonchev–Trinajstić information content (AvgIpc) is 2.45. The maximum absolute atomic E-state index is 12.1. The summed E-state index contributed by atoms with van der Waals surface area (Å²) in [4.78, 5) is 12.1. The average molecular weight is 324 g/mol.